The predicted molar refractivity (Wildman–Crippen MR) is 98.5 cm³/mol. The number of amides is 1. The lowest BCUT2D eigenvalue weighted by Crippen LogP contribution is -2.44. The van der Waals surface area contributed by atoms with Crippen LogP contribution in [0.15, 0.2) is 47.5 Å². The van der Waals surface area contributed by atoms with E-state index in [2.05, 4.69) is 15.0 Å². The molecule has 0 saturated heterocycles. The van der Waals surface area contributed by atoms with Crippen LogP contribution in [0.3, 0.4) is 0 Å². The standard InChI is InChI=1S/C17H20ClN3O4S/c1-3-25-16-8-7-14(10-15(16)18)26(23,24)21-12(2)17(22)20-11-13-6-4-5-9-19-13/h4-10,12,21H,3,11H2,1-2H3,(H,20,22)/t12-/m0/s1. The number of carbonyl (C=O) groups excluding carboxylic acids is 1. The number of nitrogens with zero attached hydrogens (tertiary/aromatic N) is 1. The number of halogens is 1. The molecule has 7 nitrogen and oxygen atoms in total. The number of pyridine rings is 1. The highest BCUT2D eigenvalue weighted by Gasteiger charge is 2.22. The molecule has 1 atom stereocenters. The summed E-state index contributed by atoms with van der Waals surface area (Å²) < 4.78 is 32.5. The number of sulfonamides is 1. The van der Waals surface area contributed by atoms with Crippen molar-refractivity contribution in [3.8, 4) is 5.75 Å². The van der Waals surface area contributed by atoms with Crippen molar-refractivity contribution in [2.75, 3.05) is 6.61 Å². The molecule has 9 heteroatoms. The highest BCUT2D eigenvalue weighted by Crippen LogP contribution is 2.27. The summed E-state index contributed by atoms with van der Waals surface area (Å²) in [4.78, 5) is 16.2. The Balaban J connectivity index is 2.01. The molecule has 0 saturated carbocycles. The molecule has 2 aromatic rings. The molecule has 0 spiro atoms. The molecule has 1 aromatic heterocycles. The second-order valence-corrected chi connectivity index (χ2v) is 7.53. The molecule has 26 heavy (non-hydrogen) atoms. The molecule has 2 N–H and O–H groups in total. The quantitative estimate of drug-likeness (QED) is 0.711. The lowest BCUT2D eigenvalue weighted by atomic mass is 10.3. The first-order chi connectivity index (χ1) is 12.3. The van der Waals surface area contributed by atoms with Crippen LogP contribution in [-0.4, -0.2) is 32.0 Å². The van der Waals surface area contributed by atoms with Crippen LogP contribution >= 0.6 is 11.6 Å². The van der Waals surface area contributed by atoms with Crippen LogP contribution in [0, 0.1) is 0 Å². The van der Waals surface area contributed by atoms with E-state index in [4.69, 9.17) is 16.3 Å². The van der Waals surface area contributed by atoms with Crippen molar-refractivity contribution in [2.45, 2.75) is 31.3 Å². The average Bonchev–Trinajstić information content (AvgIpc) is 2.62. The Hall–Kier alpha value is -2.16. The number of hydrogen-bond acceptors (Lipinski definition) is 5. The Morgan fingerprint density at radius 2 is 2.08 bits per heavy atom. The minimum absolute atomic E-state index is 0.0460. The highest BCUT2D eigenvalue weighted by molar-refractivity contribution is 7.89. The Kier molecular flexibility index (Phi) is 6.96. The molecule has 0 fully saturated rings. The number of benzene rings is 1. The summed E-state index contributed by atoms with van der Waals surface area (Å²) in [5.41, 5.74) is 0.675. The molecule has 0 bridgehead atoms. The van der Waals surface area contributed by atoms with Crippen LogP contribution in [-0.2, 0) is 21.4 Å². The van der Waals surface area contributed by atoms with Crippen molar-refractivity contribution in [2.24, 2.45) is 0 Å². The van der Waals surface area contributed by atoms with Gasteiger partial charge in [0, 0.05) is 6.20 Å². The lowest BCUT2D eigenvalue weighted by Gasteiger charge is -2.15. The van der Waals surface area contributed by atoms with Gasteiger partial charge in [0.1, 0.15) is 5.75 Å². The summed E-state index contributed by atoms with van der Waals surface area (Å²) in [5.74, 6) is -0.0643. The van der Waals surface area contributed by atoms with Crippen LogP contribution in [0.4, 0.5) is 0 Å². The van der Waals surface area contributed by atoms with E-state index in [0.717, 1.165) is 0 Å². The van der Waals surface area contributed by atoms with Gasteiger partial charge >= 0.3 is 0 Å². The van der Waals surface area contributed by atoms with E-state index >= 15 is 0 Å². The molecule has 1 aromatic carbocycles. The highest BCUT2D eigenvalue weighted by atomic mass is 35.5. The van der Waals surface area contributed by atoms with E-state index in [1.54, 1.807) is 31.3 Å². The minimum Gasteiger partial charge on any atom is -0.492 e. The normalized spacial score (nSPS) is 12.4. The van der Waals surface area contributed by atoms with Crippen molar-refractivity contribution in [1.29, 1.82) is 0 Å². The van der Waals surface area contributed by atoms with E-state index < -0.39 is 22.0 Å². The zero-order valence-corrected chi connectivity index (χ0v) is 16.0. The third-order valence-electron chi connectivity index (χ3n) is 3.41. The zero-order valence-electron chi connectivity index (χ0n) is 14.4. The van der Waals surface area contributed by atoms with Gasteiger partial charge in [0.2, 0.25) is 15.9 Å². The van der Waals surface area contributed by atoms with Crippen molar-refractivity contribution >= 4 is 27.5 Å². The van der Waals surface area contributed by atoms with Gasteiger partial charge in [-0.2, -0.15) is 4.72 Å². The van der Waals surface area contributed by atoms with Crippen LogP contribution in [0.5, 0.6) is 5.75 Å². The molecule has 2 rings (SSSR count). The largest absolute Gasteiger partial charge is 0.492 e. The van der Waals surface area contributed by atoms with Gasteiger partial charge in [-0.05, 0) is 44.2 Å². The summed E-state index contributed by atoms with van der Waals surface area (Å²) in [6.07, 6.45) is 1.61. The summed E-state index contributed by atoms with van der Waals surface area (Å²) in [6.45, 7) is 3.88. The topological polar surface area (TPSA) is 97.4 Å². The number of aromatic nitrogens is 1. The Morgan fingerprint density at radius 3 is 2.69 bits per heavy atom. The number of rotatable bonds is 8. The molecular weight excluding hydrogens is 378 g/mol. The molecule has 1 heterocycles. The van der Waals surface area contributed by atoms with E-state index in [9.17, 15) is 13.2 Å². The molecule has 0 aliphatic carbocycles. The first kappa shape index (κ1) is 20.2. The van der Waals surface area contributed by atoms with Crippen molar-refractivity contribution in [1.82, 2.24) is 15.0 Å². The lowest BCUT2D eigenvalue weighted by molar-refractivity contribution is -0.122. The minimum atomic E-state index is -3.91. The molecule has 0 aliphatic rings. The first-order valence-electron chi connectivity index (χ1n) is 7.95. The Bertz CT molecular complexity index is 860. The number of carbonyl (C=O) groups is 1. The van der Waals surface area contributed by atoms with Gasteiger partial charge < -0.3 is 10.1 Å². The molecule has 0 radical (unpaired) electrons. The van der Waals surface area contributed by atoms with Gasteiger partial charge in [-0.1, -0.05) is 17.7 Å². The maximum absolute atomic E-state index is 12.4. The third-order valence-corrected chi connectivity index (χ3v) is 5.24. The van der Waals surface area contributed by atoms with E-state index in [0.29, 0.717) is 18.1 Å². The van der Waals surface area contributed by atoms with E-state index in [1.807, 2.05) is 0 Å². The van der Waals surface area contributed by atoms with Crippen LogP contribution in [0.25, 0.3) is 0 Å². The van der Waals surface area contributed by atoms with Crippen molar-refractivity contribution in [3.63, 3.8) is 0 Å². The summed E-state index contributed by atoms with van der Waals surface area (Å²) in [6, 6.07) is 8.50. The first-order valence-corrected chi connectivity index (χ1v) is 9.82. The predicted octanol–water partition coefficient (Wildman–Crippen LogP) is 2.12. The molecular formula is C17H20ClN3O4S. The smallest absolute Gasteiger partial charge is 0.241 e. The molecule has 1 amide bonds. The van der Waals surface area contributed by atoms with Gasteiger partial charge in [0.15, 0.2) is 0 Å². The Morgan fingerprint density at radius 1 is 1.31 bits per heavy atom. The second-order valence-electron chi connectivity index (χ2n) is 5.41. The summed E-state index contributed by atoms with van der Waals surface area (Å²) in [7, 11) is -3.91. The van der Waals surface area contributed by atoms with Gasteiger partial charge in [-0.3, -0.25) is 9.78 Å². The van der Waals surface area contributed by atoms with E-state index in [-0.39, 0.29) is 16.5 Å². The molecule has 140 valence electrons. The van der Waals surface area contributed by atoms with Crippen molar-refractivity contribution in [3.05, 3.63) is 53.3 Å². The van der Waals surface area contributed by atoms with Crippen LogP contribution in [0.2, 0.25) is 5.02 Å². The number of hydrogen-bond donors (Lipinski definition) is 2. The fraction of sp³-hybridized carbons (Fsp3) is 0.294. The van der Waals surface area contributed by atoms with Crippen molar-refractivity contribution < 1.29 is 17.9 Å². The van der Waals surface area contributed by atoms with Gasteiger partial charge in [-0.15, -0.1) is 0 Å². The fourth-order valence-electron chi connectivity index (χ4n) is 2.11. The van der Waals surface area contributed by atoms with Gasteiger partial charge in [-0.25, -0.2) is 8.42 Å². The average molecular weight is 398 g/mol. The van der Waals surface area contributed by atoms with Crippen LogP contribution < -0.4 is 14.8 Å². The van der Waals surface area contributed by atoms with E-state index in [1.165, 1.54) is 25.1 Å². The van der Waals surface area contributed by atoms with Crippen LogP contribution in [0.1, 0.15) is 19.5 Å². The zero-order chi connectivity index (χ0) is 19.2. The summed E-state index contributed by atoms with van der Waals surface area (Å²) >= 11 is 6.03. The molecule has 0 unspecified atom stereocenters. The number of nitrogens with one attached hydrogen (secondary N) is 2. The SMILES string of the molecule is CCOc1ccc(S(=O)(=O)N[C@@H](C)C(=O)NCc2ccccn2)cc1Cl. The third kappa shape index (κ3) is 5.42. The number of ether oxygens (including phenoxy) is 1. The monoisotopic (exact) mass is 397 g/mol. The fourth-order valence-corrected chi connectivity index (χ4v) is 3.64. The van der Waals surface area contributed by atoms with Gasteiger partial charge in [0.05, 0.1) is 34.8 Å². The maximum Gasteiger partial charge on any atom is 0.241 e. The molecule has 0 aliphatic heterocycles. The second kappa shape index (κ2) is 8.98. The summed E-state index contributed by atoms with van der Waals surface area (Å²) in [5, 5.41) is 2.82. The Labute approximate surface area is 157 Å². The van der Waals surface area contributed by atoms with Gasteiger partial charge in [0.25, 0.3) is 0 Å². The maximum atomic E-state index is 12.4.